The Hall–Kier alpha value is -1.55. The zero-order valence-corrected chi connectivity index (χ0v) is 19.5. The van der Waals surface area contributed by atoms with E-state index in [4.69, 9.17) is 4.99 Å². The van der Waals surface area contributed by atoms with Gasteiger partial charge < -0.3 is 14.8 Å². The average molecular weight is 504 g/mol. The Balaban J connectivity index is 0.00000364. The molecular formula is C19H29IN4O2S. The van der Waals surface area contributed by atoms with Crippen LogP contribution in [0, 0.1) is 0 Å². The van der Waals surface area contributed by atoms with Crippen LogP contribution in [0.2, 0.25) is 0 Å². The van der Waals surface area contributed by atoms with Crippen LogP contribution < -0.4 is 5.32 Å². The Morgan fingerprint density at radius 2 is 1.89 bits per heavy atom. The Bertz CT molecular complexity index is 845. The Morgan fingerprint density at radius 3 is 2.41 bits per heavy atom. The van der Waals surface area contributed by atoms with Gasteiger partial charge in [-0.05, 0) is 43.2 Å². The lowest BCUT2D eigenvalue weighted by molar-refractivity contribution is 0.462. The third-order valence-corrected chi connectivity index (χ3v) is 5.29. The molecule has 1 aromatic carbocycles. The predicted molar refractivity (Wildman–Crippen MR) is 122 cm³/mol. The van der Waals surface area contributed by atoms with Gasteiger partial charge >= 0.3 is 0 Å². The summed E-state index contributed by atoms with van der Waals surface area (Å²) in [5, 5.41) is 3.32. The molecule has 27 heavy (non-hydrogen) atoms. The molecule has 0 aliphatic heterocycles. The maximum atomic E-state index is 11.5. The largest absolute Gasteiger partial charge is 0.357 e. The Kier molecular flexibility index (Phi) is 9.31. The second-order valence-corrected chi connectivity index (χ2v) is 8.38. The molecule has 0 unspecified atom stereocenters. The van der Waals surface area contributed by atoms with E-state index >= 15 is 0 Å². The Labute approximate surface area is 179 Å². The van der Waals surface area contributed by atoms with Gasteiger partial charge in [-0.2, -0.15) is 0 Å². The standard InChI is InChI=1S/C19H28N4O2S.HI/c1-5-20-19(23(3)15-17-7-6-14-22(17)2)21-13-12-16-8-10-18(11-9-16)26(4,24)25;/h6-11,14H,5,12-13,15H2,1-4H3,(H,20,21);1H. The van der Waals surface area contributed by atoms with Crippen LogP contribution in [0.1, 0.15) is 18.2 Å². The number of aromatic nitrogens is 1. The molecule has 0 fully saturated rings. The fourth-order valence-electron chi connectivity index (χ4n) is 2.64. The number of aryl methyl sites for hydroxylation is 1. The molecule has 0 aliphatic rings. The topological polar surface area (TPSA) is 66.7 Å². The fourth-order valence-corrected chi connectivity index (χ4v) is 3.27. The molecule has 0 saturated heterocycles. The molecule has 1 heterocycles. The van der Waals surface area contributed by atoms with E-state index in [1.807, 2.05) is 38.5 Å². The minimum atomic E-state index is -3.15. The highest BCUT2D eigenvalue weighted by Crippen LogP contribution is 2.11. The summed E-state index contributed by atoms with van der Waals surface area (Å²) in [5.41, 5.74) is 2.29. The van der Waals surface area contributed by atoms with E-state index in [-0.39, 0.29) is 24.0 Å². The third kappa shape index (κ3) is 7.17. The number of hydrogen-bond acceptors (Lipinski definition) is 3. The predicted octanol–water partition coefficient (Wildman–Crippen LogP) is 2.69. The van der Waals surface area contributed by atoms with Gasteiger partial charge in [0.25, 0.3) is 0 Å². The molecule has 150 valence electrons. The molecule has 0 amide bonds. The summed E-state index contributed by atoms with van der Waals surface area (Å²) in [5.74, 6) is 0.862. The van der Waals surface area contributed by atoms with Crippen LogP contribution in [0.25, 0.3) is 0 Å². The number of rotatable bonds is 7. The molecule has 0 bridgehead atoms. The molecule has 1 N–H and O–H groups in total. The smallest absolute Gasteiger partial charge is 0.194 e. The van der Waals surface area contributed by atoms with Gasteiger partial charge in [0, 0.05) is 45.3 Å². The van der Waals surface area contributed by atoms with Gasteiger partial charge in [0.15, 0.2) is 15.8 Å². The van der Waals surface area contributed by atoms with E-state index < -0.39 is 9.84 Å². The maximum absolute atomic E-state index is 11.5. The highest BCUT2D eigenvalue weighted by molar-refractivity contribution is 14.0. The van der Waals surface area contributed by atoms with Crippen molar-refractivity contribution in [2.24, 2.45) is 12.0 Å². The van der Waals surface area contributed by atoms with Crippen molar-refractivity contribution in [3.8, 4) is 0 Å². The van der Waals surface area contributed by atoms with E-state index in [1.54, 1.807) is 12.1 Å². The zero-order chi connectivity index (χ0) is 19.2. The first-order valence-electron chi connectivity index (χ1n) is 8.70. The summed E-state index contributed by atoms with van der Waals surface area (Å²) >= 11 is 0. The first-order valence-corrected chi connectivity index (χ1v) is 10.6. The van der Waals surface area contributed by atoms with E-state index in [0.29, 0.717) is 11.4 Å². The van der Waals surface area contributed by atoms with Crippen LogP contribution in [0.4, 0.5) is 0 Å². The Morgan fingerprint density at radius 1 is 1.22 bits per heavy atom. The molecule has 0 aliphatic carbocycles. The molecule has 1 aromatic heterocycles. The van der Waals surface area contributed by atoms with Gasteiger partial charge in [-0.3, -0.25) is 4.99 Å². The van der Waals surface area contributed by atoms with Crippen molar-refractivity contribution in [3.63, 3.8) is 0 Å². The molecule has 2 aromatic rings. The van der Waals surface area contributed by atoms with Gasteiger partial charge in [0.2, 0.25) is 0 Å². The quantitative estimate of drug-likeness (QED) is 0.358. The molecule has 2 rings (SSSR count). The molecule has 8 heteroatoms. The maximum Gasteiger partial charge on any atom is 0.194 e. The third-order valence-electron chi connectivity index (χ3n) is 4.16. The number of guanidine groups is 1. The van der Waals surface area contributed by atoms with Crippen molar-refractivity contribution in [1.82, 2.24) is 14.8 Å². The van der Waals surface area contributed by atoms with Crippen molar-refractivity contribution in [2.75, 3.05) is 26.4 Å². The van der Waals surface area contributed by atoms with Gasteiger partial charge in [-0.25, -0.2) is 8.42 Å². The molecular weight excluding hydrogens is 475 g/mol. The number of halogens is 1. The lowest BCUT2D eigenvalue weighted by Gasteiger charge is -2.22. The molecule has 0 atom stereocenters. The summed E-state index contributed by atoms with van der Waals surface area (Å²) in [6, 6.07) is 11.2. The second-order valence-electron chi connectivity index (χ2n) is 6.37. The van der Waals surface area contributed by atoms with Gasteiger partial charge in [0.05, 0.1) is 11.4 Å². The summed E-state index contributed by atoms with van der Waals surface area (Å²) in [6.45, 7) is 4.27. The summed E-state index contributed by atoms with van der Waals surface area (Å²) < 4.78 is 25.1. The van der Waals surface area contributed by atoms with Crippen molar-refractivity contribution in [1.29, 1.82) is 0 Å². The first kappa shape index (κ1) is 23.5. The average Bonchev–Trinajstić information content (AvgIpc) is 2.98. The van der Waals surface area contributed by atoms with Gasteiger partial charge in [-0.1, -0.05) is 12.1 Å². The highest BCUT2D eigenvalue weighted by Gasteiger charge is 2.09. The minimum Gasteiger partial charge on any atom is -0.357 e. The van der Waals surface area contributed by atoms with Crippen LogP contribution >= 0.6 is 24.0 Å². The van der Waals surface area contributed by atoms with Crippen LogP contribution in [0.15, 0.2) is 52.5 Å². The van der Waals surface area contributed by atoms with Crippen molar-refractivity contribution in [3.05, 3.63) is 53.9 Å². The normalized spacial score (nSPS) is 11.8. The zero-order valence-electron chi connectivity index (χ0n) is 16.3. The SMILES string of the molecule is CCNC(=NCCc1ccc(S(C)(=O)=O)cc1)N(C)Cc1cccn1C.I. The lowest BCUT2D eigenvalue weighted by atomic mass is 10.1. The molecule has 0 radical (unpaired) electrons. The van der Waals surface area contributed by atoms with Crippen molar-refractivity contribution < 1.29 is 8.42 Å². The first-order chi connectivity index (χ1) is 12.3. The number of aliphatic imine (C=N–C) groups is 1. The van der Waals surface area contributed by atoms with E-state index in [0.717, 1.165) is 31.0 Å². The van der Waals surface area contributed by atoms with Gasteiger partial charge in [-0.15, -0.1) is 24.0 Å². The van der Waals surface area contributed by atoms with Crippen LogP contribution in [-0.4, -0.2) is 50.2 Å². The fraction of sp³-hybridized carbons (Fsp3) is 0.421. The number of nitrogens with zero attached hydrogens (tertiary/aromatic N) is 3. The number of nitrogens with one attached hydrogen (secondary N) is 1. The summed E-state index contributed by atoms with van der Waals surface area (Å²) in [7, 11) is 0.912. The second kappa shape index (κ2) is 10.7. The van der Waals surface area contributed by atoms with E-state index in [1.165, 1.54) is 11.9 Å². The monoisotopic (exact) mass is 504 g/mol. The lowest BCUT2D eigenvalue weighted by Crippen LogP contribution is -2.39. The number of sulfone groups is 1. The van der Waals surface area contributed by atoms with Gasteiger partial charge in [0.1, 0.15) is 0 Å². The molecule has 0 spiro atoms. The van der Waals surface area contributed by atoms with Crippen LogP contribution in [0.5, 0.6) is 0 Å². The minimum absolute atomic E-state index is 0. The highest BCUT2D eigenvalue weighted by atomic mass is 127. The van der Waals surface area contributed by atoms with Crippen molar-refractivity contribution in [2.45, 2.75) is 24.8 Å². The summed E-state index contributed by atoms with van der Waals surface area (Å²) in [4.78, 5) is 7.14. The molecule has 0 saturated carbocycles. The van der Waals surface area contributed by atoms with Crippen molar-refractivity contribution >= 4 is 39.8 Å². The van der Waals surface area contributed by atoms with E-state index in [9.17, 15) is 8.42 Å². The number of benzene rings is 1. The number of hydrogen-bond donors (Lipinski definition) is 1. The summed E-state index contributed by atoms with van der Waals surface area (Å²) in [6.07, 6.45) is 4.02. The van der Waals surface area contributed by atoms with Crippen LogP contribution in [-0.2, 0) is 29.9 Å². The van der Waals surface area contributed by atoms with E-state index in [2.05, 4.69) is 27.8 Å². The molecule has 6 nitrogen and oxygen atoms in total. The van der Waals surface area contributed by atoms with Crippen LogP contribution in [0.3, 0.4) is 0 Å².